The molecule has 2 nitrogen and oxygen atoms in total. The van der Waals surface area contributed by atoms with Crippen LogP contribution < -0.4 is 4.90 Å². The number of para-hydroxylation sites is 2. The van der Waals surface area contributed by atoms with Gasteiger partial charge in [0.1, 0.15) is 0 Å². The Bertz CT molecular complexity index is 4070. The quantitative estimate of drug-likeness (QED) is 0.140. The number of aromatic nitrogens is 1. The highest BCUT2D eigenvalue weighted by Crippen LogP contribution is 2.56. The molecule has 0 unspecified atom stereocenters. The lowest BCUT2D eigenvalue weighted by molar-refractivity contribution is 0.768. The van der Waals surface area contributed by atoms with Gasteiger partial charge in [-0.1, -0.05) is 231 Å². The second kappa shape index (κ2) is 17.4. The first kappa shape index (κ1) is 42.4. The first-order valence-electron chi connectivity index (χ1n) is 25.2. The lowest BCUT2D eigenvalue weighted by Crippen LogP contribution is -2.28. The Labute approximate surface area is 426 Å². The summed E-state index contributed by atoms with van der Waals surface area (Å²) in [5, 5.41) is 5.01. The van der Waals surface area contributed by atoms with E-state index in [2.05, 4.69) is 301 Å². The Morgan fingerprint density at radius 3 is 1.30 bits per heavy atom. The number of hydrogen-bond donors (Lipinski definition) is 0. The fourth-order valence-corrected chi connectivity index (χ4v) is 12.1. The van der Waals surface area contributed by atoms with E-state index < -0.39 is 5.41 Å². The first-order chi connectivity index (χ1) is 36.2. The van der Waals surface area contributed by atoms with Gasteiger partial charge in [0.2, 0.25) is 0 Å². The van der Waals surface area contributed by atoms with E-state index in [1.807, 2.05) is 0 Å². The summed E-state index contributed by atoms with van der Waals surface area (Å²) in [7, 11) is 0. The average Bonchev–Trinajstić information content (AvgIpc) is 3.97. The first-order valence-corrected chi connectivity index (χ1v) is 25.2. The maximum atomic E-state index is 2.40. The summed E-state index contributed by atoms with van der Waals surface area (Å²) in [6.07, 6.45) is 0. The molecule has 12 aromatic carbocycles. The van der Waals surface area contributed by atoms with Gasteiger partial charge in [-0.2, -0.15) is 0 Å². The molecule has 342 valence electrons. The van der Waals surface area contributed by atoms with Gasteiger partial charge < -0.3 is 9.47 Å². The second-order valence-electron chi connectivity index (χ2n) is 19.2. The Morgan fingerprint density at radius 2 is 0.712 bits per heavy atom. The molecule has 0 bridgehead atoms. The van der Waals surface area contributed by atoms with Crippen LogP contribution in [0, 0.1) is 0 Å². The smallest absolute Gasteiger partial charge is 0.0713 e. The highest BCUT2D eigenvalue weighted by molar-refractivity contribution is 6.09. The van der Waals surface area contributed by atoms with Gasteiger partial charge in [-0.15, -0.1) is 0 Å². The zero-order chi connectivity index (χ0) is 48.3. The minimum atomic E-state index is -0.480. The summed E-state index contributed by atoms with van der Waals surface area (Å²) in [4.78, 5) is 2.40. The minimum absolute atomic E-state index is 0.480. The second-order valence-corrected chi connectivity index (χ2v) is 19.2. The molecule has 2 heteroatoms. The van der Waals surface area contributed by atoms with E-state index in [9.17, 15) is 0 Å². The van der Waals surface area contributed by atoms with Crippen LogP contribution in [0.3, 0.4) is 0 Å². The van der Waals surface area contributed by atoms with E-state index in [1.165, 1.54) is 93.8 Å². The van der Waals surface area contributed by atoms with Crippen LogP contribution >= 0.6 is 0 Å². The summed E-state index contributed by atoms with van der Waals surface area (Å²) in [6.45, 7) is 0. The molecule has 13 aromatic rings. The Morgan fingerprint density at radius 1 is 0.288 bits per heavy atom. The van der Waals surface area contributed by atoms with Crippen LogP contribution in [0.4, 0.5) is 17.1 Å². The molecule has 0 N–H and O–H groups in total. The molecule has 1 aliphatic rings. The third kappa shape index (κ3) is 6.87. The third-order valence-electron chi connectivity index (χ3n) is 15.3. The van der Waals surface area contributed by atoms with Crippen molar-refractivity contribution in [2.75, 3.05) is 4.90 Å². The summed E-state index contributed by atoms with van der Waals surface area (Å²) < 4.78 is 2.39. The van der Waals surface area contributed by atoms with Crippen molar-refractivity contribution >= 4 is 49.6 Å². The van der Waals surface area contributed by atoms with E-state index in [0.29, 0.717) is 0 Å². The lowest BCUT2D eigenvalue weighted by atomic mass is 9.68. The standard InChI is InChI=1S/C71H48N2/c1-3-18-50(19-4-1)60-30-16-20-52-21-17-31-61(70(52)60)51-38-44-57(45-39-51)72(56-42-36-49(37-43-56)53-22-15-25-59(48-53)73-68-34-13-9-28-64(68)65-29-10-14-35-69(65)73)58-46-40-55(41-47-58)71(54-23-5-2-6-24-54)66-32-11-7-26-62(66)63-27-8-12-33-67(63)71/h1-48H. The van der Waals surface area contributed by atoms with E-state index in [-0.39, 0.29) is 0 Å². The lowest BCUT2D eigenvalue weighted by Gasteiger charge is -2.34. The molecule has 0 saturated carbocycles. The molecular weight excluding hydrogens is 881 g/mol. The molecule has 14 rings (SSSR count). The zero-order valence-electron chi connectivity index (χ0n) is 40.1. The average molecular weight is 929 g/mol. The maximum Gasteiger partial charge on any atom is 0.0713 e. The Hall–Kier alpha value is -9.50. The van der Waals surface area contributed by atoms with Crippen LogP contribution in [0.5, 0.6) is 0 Å². The number of rotatable bonds is 9. The highest BCUT2D eigenvalue weighted by Gasteiger charge is 2.45. The van der Waals surface area contributed by atoms with Crippen molar-refractivity contribution in [3.8, 4) is 50.2 Å². The number of anilines is 3. The van der Waals surface area contributed by atoms with Gasteiger partial charge in [0.15, 0.2) is 0 Å². The van der Waals surface area contributed by atoms with E-state index >= 15 is 0 Å². The van der Waals surface area contributed by atoms with Gasteiger partial charge in [-0.25, -0.2) is 0 Å². The summed E-state index contributed by atoms with van der Waals surface area (Å²) in [6, 6.07) is 107. The maximum absolute atomic E-state index is 2.40. The van der Waals surface area contributed by atoms with E-state index in [1.54, 1.807) is 0 Å². The third-order valence-corrected chi connectivity index (χ3v) is 15.3. The zero-order valence-corrected chi connectivity index (χ0v) is 40.1. The summed E-state index contributed by atoms with van der Waals surface area (Å²) >= 11 is 0. The van der Waals surface area contributed by atoms with Crippen LogP contribution in [-0.4, -0.2) is 4.57 Å². The molecule has 0 fully saturated rings. The predicted molar refractivity (Wildman–Crippen MR) is 307 cm³/mol. The van der Waals surface area contributed by atoms with Crippen LogP contribution in [0.2, 0.25) is 0 Å². The van der Waals surface area contributed by atoms with Gasteiger partial charge in [0.05, 0.1) is 16.4 Å². The molecule has 73 heavy (non-hydrogen) atoms. The minimum Gasteiger partial charge on any atom is -0.311 e. The Balaban J connectivity index is 0.891. The van der Waals surface area contributed by atoms with Gasteiger partial charge in [-0.05, 0) is 138 Å². The normalized spacial score (nSPS) is 12.5. The monoisotopic (exact) mass is 928 g/mol. The molecular formula is C71H48N2. The van der Waals surface area contributed by atoms with Crippen molar-refractivity contribution in [3.63, 3.8) is 0 Å². The molecule has 0 saturated heterocycles. The summed E-state index contributed by atoms with van der Waals surface area (Å²) in [5.41, 5.74) is 21.2. The predicted octanol–water partition coefficient (Wildman–Crippen LogP) is 18.8. The van der Waals surface area contributed by atoms with Gasteiger partial charge in [0, 0.05) is 33.5 Å². The largest absolute Gasteiger partial charge is 0.311 e. The number of nitrogens with zero attached hydrogens (tertiary/aromatic N) is 2. The molecule has 0 aliphatic heterocycles. The molecule has 1 aliphatic carbocycles. The SMILES string of the molecule is c1ccc(-c2cccc3cccc(-c4ccc(N(c5ccc(-c6cccc(-n7c8ccccc8c8ccccc87)c6)cc5)c5ccc(C6(c7ccccc7)c7ccccc7-c7ccccc76)cc5)cc4)c23)cc1. The fraction of sp³-hybridized carbons (Fsp3) is 0.0141. The molecule has 0 spiro atoms. The van der Waals surface area contributed by atoms with Gasteiger partial charge in [-0.3, -0.25) is 0 Å². The van der Waals surface area contributed by atoms with Gasteiger partial charge >= 0.3 is 0 Å². The highest BCUT2D eigenvalue weighted by atomic mass is 15.1. The van der Waals surface area contributed by atoms with Crippen LogP contribution in [0.1, 0.15) is 22.3 Å². The molecule has 0 amide bonds. The number of fused-ring (bicyclic) bond motifs is 7. The van der Waals surface area contributed by atoms with Crippen molar-refractivity contribution in [1.82, 2.24) is 4.57 Å². The molecule has 0 radical (unpaired) electrons. The fourth-order valence-electron chi connectivity index (χ4n) is 12.1. The van der Waals surface area contributed by atoms with Crippen molar-refractivity contribution in [2.24, 2.45) is 0 Å². The van der Waals surface area contributed by atoms with E-state index in [4.69, 9.17) is 0 Å². The Kier molecular flexibility index (Phi) is 10.1. The van der Waals surface area contributed by atoms with Crippen LogP contribution in [0.15, 0.2) is 291 Å². The molecule has 1 heterocycles. The van der Waals surface area contributed by atoms with Crippen molar-refractivity contribution in [1.29, 1.82) is 0 Å². The van der Waals surface area contributed by atoms with Crippen molar-refractivity contribution < 1.29 is 0 Å². The summed E-state index contributed by atoms with van der Waals surface area (Å²) in [5.74, 6) is 0. The topological polar surface area (TPSA) is 8.17 Å². The van der Waals surface area contributed by atoms with Gasteiger partial charge in [0.25, 0.3) is 0 Å². The number of hydrogen-bond acceptors (Lipinski definition) is 1. The van der Waals surface area contributed by atoms with E-state index in [0.717, 1.165) is 28.3 Å². The van der Waals surface area contributed by atoms with Crippen molar-refractivity contribution in [2.45, 2.75) is 5.41 Å². The number of benzene rings is 12. The molecule has 0 atom stereocenters. The van der Waals surface area contributed by atoms with Crippen molar-refractivity contribution in [3.05, 3.63) is 313 Å². The van der Waals surface area contributed by atoms with Crippen LogP contribution in [0.25, 0.3) is 82.8 Å². The molecule has 1 aromatic heterocycles. The van der Waals surface area contributed by atoms with Crippen LogP contribution in [-0.2, 0) is 5.41 Å².